The number of amides is 1. The first-order valence-corrected chi connectivity index (χ1v) is 9.16. The Hall–Kier alpha value is -3.22. The lowest BCUT2D eigenvalue weighted by Gasteiger charge is -2.36. The van der Waals surface area contributed by atoms with Gasteiger partial charge in [0, 0.05) is 31.9 Å². The van der Waals surface area contributed by atoms with E-state index >= 15 is 0 Å². The van der Waals surface area contributed by atoms with Crippen LogP contribution in [0.4, 0.5) is 5.69 Å². The van der Waals surface area contributed by atoms with E-state index in [-0.39, 0.29) is 19.1 Å². The average molecular weight is 384 g/mol. The quantitative estimate of drug-likeness (QED) is 0.680. The summed E-state index contributed by atoms with van der Waals surface area (Å²) in [7, 11) is 1.52. The molecule has 0 N–H and O–H groups in total. The molecule has 0 radical (unpaired) electrons. The van der Waals surface area contributed by atoms with Gasteiger partial charge in [0.05, 0.1) is 7.11 Å². The molecule has 7 heteroatoms. The number of carbonyl (C=O) groups excluding carboxylic acids is 2. The molecule has 0 aromatic heterocycles. The first-order chi connectivity index (χ1) is 13.7. The fourth-order valence-corrected chi connectivity index (χ4v) is 3.00. The number of ether oxygens (including phenoxy) is 3. The molecule has 3 rings (SSSR count). The predicted molar refractivity (Wildman–Crippen MR) is 105 cm³/mol. The van der Waals surface area contributed by atoms with Crippen molar-refractivity contribution in [2.24, 2.45) is 0 Å². The maximum Gasteiger partial charge on any atom is 0.344 e. The van der Waals surface area contributed by atoms with Gasteiger partial charge in [0.25, 0.3) is 5.91 Å². The molecule has 148 valence electrons. The van der Waals surface area contributed by atoms with Crippen LogP contribution < -0.4 is 14.4 Å². The molecule has 0 unspecified atom stereocenters. The van der Waals surface area contributed by atoms with Crippen molar-refractivity contribution in [3.63, 3.8) is 0 Å². The molecule has 1 amide bonds. The predicted octanol–water partition coefficient (Wildman–Crippen LogP) is 1.97. The molecule has 0 spiro atoms. The first-order valence-electron chi connectivity index (χ1n) is 9.16. The van der Waals surface area contributed by atoms with E-state index in [0.29, 0.717) is 24.6 Å². The van der Waals surface area contributed by atoms with Crippen molar-refractivity contribution in [1.82, 2.24) is 4.90 Å². The van der Waals surface area contributed by atoms with Crippen LogP contribution in [0.15, 0.2) is 54.6 Å². The van der Waals surface area contributed by atoms with Gasteiger partial charge in [-0.2, -0.15) is 0 Å². The Morgan fingerprint density at radius 3 is 2.18 bits per heavy atom. The van der Waals surface area contributed by atoms with Gasteiger partial charge < -0.3 is 24.0 Å². The first kappa shape index (κ1) is 19.5. The van der Waals surface area contributed by atoms with E-state index in [0.717, 1.165) is 18.8 Å². The van der Waals surface area contributed by atoms with Crippen molar-refractivity contribution in [3.8, 4) is 11.5 Å². The highest BCUT2D eigenvalue weighted by Crippen LogP contribution is 2.25. The fraction of sp³-hybridized carbons (Fsp3) is 0.333. The molecule has 2 aromatic carbocycles. The van der Waals surface area contributed by atoms with Crippen LogP contribution in [-0.2, 0) is 14.3 Å². The SMILES string of the molecule is COc1ccccc1OCC(=O)OCC(=O)N1CCN(c2ccccc2)CC1. The second-order valence-electron chi connectivity index (χ2n) is 6.30. The van der Waals surface area contributed by atoms with Gasteiger partial charge in [-0.15, -0.1) is 0 Å². The molecule has 1 saturated heterocycles. The molecule has 1 aliphatic rings. The largest absolute Gasteiger partial charge is 0.493 e. The summed E-state index contributed by atoms with van der Waals surface area (Å²) in [5.41, 5.74) is 1.15. The fourth-order valence-electron chi connectivity index (χ4n) is 3.00. The second kappa shape index (κ2) is 9.64. The highest BCUT2D eigenvalue weighted by atomic mass is 16.6. The number of hydrogen-bond acceptors (Lipinski definition) is 6. The number of rotatable bonds is 7. The Bertz CT molecular complexity index is 788. The summed E-state index contributed by atoms with van der Waals surface area (Å²) in [5.74, 6) is 0.188. The van der Waals surface area contributed by atoms with E-state index in [4.69, 9.17) is 14.2 Å². The lowest BCUT2D eigenvalue weighted by Crippen LogP contribution is -2.50. The molecule has 0 saturated carbocycles. The summed E-state index contributed by atoms with van der Waals surface area (Å²) in [5, 5.41) is 0. The molecule has 1 heterocycles. The zero-order valence-electron chi connectivity index (χ0n) is 15.9. The summed E-state index contributed by atoms with van der Waals surface area (Å²) >= 11 is 0. The zero-order valence-corrected chi connectivity index (χ0v) is 15.9. The van der Waals surface area contributed by atoms with E-state index in [2.05, 4.69) is 17.0 Å². The van der Waals surface area contributed by atoms with Gasteiger partial charge in [-0.3, -0.25) is 4.79 Å². The number of para-hydroxylation sites is 3. The smallest absolute Gasteiger partial charge is 0.344 e. The normalized spacial score (nSPS) is 13.8. The number of anilines is 1. The number of carbonyl (C=O) groups is 2. The van der Waals surface area contributed by atoms with Crippen LogP contribution in [0.3, 0.4) is 0 Å². The monoisotopic (exact) mass is 384 g/mol. The molecular formula is C21H24N2O5. The Morgan fingerprint density at radius 2 is 1.50 bits per heavy atom. The number of methoxy groups -OCH3 is 1. The minimum Gasteiger partial charge on any atom is -0.493 e. The highest BCUT2D eigenvalue weighted by molar-refractivity contribution is 5.81. The maximum absolute atomic E-state index is 12.3. The van der Waals surface area contributed by atoms with Crippen LogP contribution in [-0.4, -0.2) is 63.3 Å². The third-order valence-electron chi connectivity index (χ3n) is 4.52. The molecule has 2 aromatic rings. The van der Waals surface area contributed by atoms with Crippen LogP contribution in [0.5, 0.6) is 11.5 Å². The van der Waals surface area contributed by atoms with Crippen molar-refractivity contribution >= 4 is 17.6 Å². The maximum atomic E-state index is 12.3. The third-order valence-corrected chi connectivity index (χ3v) is 4.52. The van der Waals surface area contributed by atoms with Gasteiger partial charge in [0.1, 0.15) is 0 Å². The van der Waals surface area contributed by atoms with Crippen LogP contribution in [0.1, 0.15) is 0 Å². The van der Waals surface area contributed by atoms with E-state index in [1.165, 1.54) is 7.11 Å². The number of esters is 1. The van der Waals surface area contributed by atoms with Gasteiger partial charge in [-0.25, -0.2) is 4.79 Å². The molecule has 0 bridgehead atoms. The van der Waals surface area contributed by atoms with Crippen LogP contribution in [0.2, 0.25) is 0 Å². The second-order valence-corrected chi connectivity index (χ2v) is 6.30. The number of piperazine rings is 1. The summed E-state index contributed by atoms with van der Waals surface area (Å²) in [6.45, 7) is 2.14. The van der Waals surface area contributed by atoms with Crippen molar-refractivity contribution in [2.75, 3.05) is 51.4 Å². The molecule has 28 heavy (non-hydrogen) atoms. The number of hydrogen-bond donors (Lipinski definition) is 0. The highest BCUT2D eigenvalue weighted by Gasteiger charge is 2.22. The summed E-state index contributed by atoms with van der Waals surface area (Å²) < 4.78 is 15.6. The van der Waals surface area contributed by atoms with Crippen molar-refractivity contribution in [3.05, 3.63) is 54.6 Å². The van der Waals surface area contributed by atoms with Crippen molar-refractivity contribution < 1.29 is 23.8 Å². The van der Waals surface area contributed by atoms with Crippen molar-refractivity contribution in [1.29, 1.82) is 0 Å². The minimum atomic E-state index is -0.595. The molecular weight excluding hydrogens is 360 g/mol. The van der Waals surface area contributed by atoms with E-state index in [1.807, 2.05) is 18.2 Å². The molecule has 7 nitrogen and oxygen atoms in total. The Balaban J connectivity index is 1.39. The molecule has 0 atom stereocenters. The lowest BCUT2D eigenvalue weighted by molar-refractivity contribution is -0.153. The number of benzene rings is 2. The van der Waals surface area contributed by atoms with E-state index in [9.17, 15) is 9.59 Å². The van der Waals surface area contributed by atoms with E-state index < -0.39 is 5.97 Å². The van der Waals surface area contributed by atoms with Crippen LogP contribution >= 0.6 is 0 Å². The number of nitrogens with zero attached hydrogens (tertiary/aromatic N) is 2. The average Bonchev–Trinajstić information content (AvgIpc) is 2.77. The Morgan fingerprint density at radius 1 is 0.857 bits per heavy atom. The molecule has 1 fully saturated rings. The van der Waals surface area contributed by atoms with Gasteiger partial charge in [0.15, 0.2) is 24.7 Å². The van der Waals surface area contributed by atoms with Crippen LogP contribution in [0, 0.1) is 0 Å². The lowest BCUT2D eigenvalue weighted by atomic mass is 10.2. The Labute approximate surface area is 164 Å². The molecule has 0 aliphatic carbocycles. The van der Waals surface area contributed by atoms with Gasteiger partial charge in [-0.1, -0.05) is 30.3 Å². The summed E-state index contributed by atoms with van der Waals surface area (Å²) in [6, 6.07) is 17.1. The van der Waals surface area contributed by atoms with Gasteiger partial charge >= 0.3 is 5.97 Å². The van der Waals surface area contributed by atoms with Gasteiger partial charge in [0.2, 0.25) is 0 Å². The van der Waals surface area contributed by atoms with E-state index in [1.54, 1.807) is 29.2 Å². The topological polar surface area (TPSA) is 68.3 Å². The zero-order chi connectivity index (χ0) is 19.8. The van der Waals surface area contributed by atoms with Crippen LogP contribution in [0.25, 0.3) is 0 Å². The molecule has 1 aliphatic heterocycles. The minimum absolute atomic E-state index is 0.196. The Kier molecular flexibility index (Phi) is 6.73. The standard InChI is InChI=1S/C21H24N2O5/c1-26-18-9-5-6-10-19(18)27-16-21(25)28-15-20(24)23-13-11-22(12-14-23)17-7-3-2-4-8-17/h2-10H,11-16H2,1H3. The summed E-state index contributed by atoms with van der Waals surface area (Å²) in [6.07, 6.45) is 0. The van der Waals surface area contributed by atoms with Crippen molar-refractivity contribution in [2.45, 2.75) is 0 Å². The van der Waals surface area contributed by atoms with Gasteiger partial charge in [-0.05, 0) is 24.3 Å². The third kappa shape index (κ3) is 5.16. The summed E-state index contributed by atoms with van der Waals surface area (Å²) in [4.78, 5) is 28.1.